The monoisotopic (exact) mass is 1280 g/mol. The minimum Gasteiger partial charge on any atom is -0.510 e. The Balaban J connectivity index is 0.00000640. The summed E-state index contributed by atoms with van der Waals surface area (Å²) in [6.45, 7) is 20.6. The van der Waals surface area contributed by atoms with Gasteiger partial charge in [-0.3, -0.25) is 4.57 Å². The largest absolute Gasteiger partial charge is 0.510 e. The molecule has 0 fully saturated rings. The van der Waals surface area contributed by atoms with E-state index in [2.05, 4.69) is 293 Å². The van der Waals surface area contributed by atoms with Gasteiger partial charge in [-0.25, -0.2) is 4.98 Å². The standard InChI is InChI=1S/C78H63N5O.Pt/c1-76(2,3)50-39-40-79-73(44-50)83-70-33-17-14-27-63(70)64-38-36-56(47-72(64)83)84-55-22-18-21-53(45-55)80-48-81-74-57(49-41-51(77(4,5)6)43-52(42-49)78(7,8)9)28-19-29-66(74)67-46-54(82-68-31-15-12-25-61(68)62-26-13-16-32-69(62)82)35-37-60(67)58-23-10-11-24-59(58)65-30-20-34-71(80)75(65)81;/h10-44,46H,1-9H3;/q-2;. The van der Waals surface area contributed by atoms with Crippen molar-refractivity contribution in [3.8, 4) is 78.9 Å². The van der Waals surface area contributed by atoms with Crippen molar-refractivity contribution in [2.45, 2.75) is 78.6 Å². The summed E-state index contributed by atoms with van der Waals surface area (Å²) >= 11 is 0. The molecule has 4 aromatic heterocycles. The van der Waals surface area contributed by atoms with Crippen LogP contribution in [0.3, 0.4) is 0 Å². The van der Waals surface area contributed by atoms with Crippen molar-refractivity contribution in [3.05, 3.63) is 254 Å². The number of aromatic nitrogens is 5. The summed E-state index contributed by atoms with van der Waals surface area (Å²) in [6, 6.07) is 84.8. The third-order valence-corrected chi connectivity index (χ3v) is 17.2. The number of nitrogens with zero attached hydrogens (tertiary/aromatic N) is 5. The van der Waals surface area contributed by atoms with Crippen LogP contribution < -0.4 is 9.30 Å². The molecule has 0 bridgehead atoms. The first-order valence-corrected chi connectivity index (χ1v) is 29.2. The van der Waals surface area contributed by atoms with Crippen molar-refractivity contribution in [2.24, 2.45) is 0 Å². The molecule has 0 spiro atoms. The van der Waals surface area contributed by atoms with Crippen LogP contribution in [0.2, 0.25) is 0 Å². The molecule has 0 amide bonds. The number of fused-ring (bicyclic) bond motifs is 13. The van der Waals surface area contributed by atoms with E-state index >= 15 is 0 Å². The third-order valence-electron chi connectivity index (χ3n) is 17.2. The normalized spacial score (nSPS) is 12.4. The van der Waals surface area contributed by atoms with Crippen LogP contribution in [-0.2, 0) is 37.3 Å². The van der Waals surface area contributed by atoms with Crippen molar-refractivity contribution >= 4 is 54.6 Å². The molecule has 85 heavy (non-hydrogen) atoms. The van der Waals surface area contributed by atoms with Crippen LogP contribution in [0.15, 0.2) is 219 Å². The molecule has 15 rings (SSSR count). The topological polar surface area (TPSA) is 40.8 Å². The molecule has 0 aliphatic carbocycles. The first-order valence-electron chi connectivity index (χ1n) is 29.2. The summed E-state index contributed by atoms with van der Waals surface area (Å²) in [5.41, 5.74) is 21.8. The second-order valence-electron chi connectivity index (χ2n) is 25.7. The predicted molar refractivity (Wildman–Crippen MR) is 346 cm³/mol. The van der Waals surface area contributed by atoms with Gasteiger partial charge in [-0.05, 0) is 131 Å². The molecule has 0 N–H and O–H groups in total. The van der Waals surface area contributed by atoms with Gasteiger partial charge in [0.15, 0.2) is 0 Å². The van der Waals surface area contributed by atoms with E-state index in [9.17, 15) is 0 Å². The van der Waals surface area contributed by atoms with E-state index in [0.29, 0.717) is 11.5 Å². The maximum atomic E-state index is 6.86. The summed E-state index contributed by atoms with van der Waals surface area (Å²) in [5.74, 6) is 1.98. The van der Waals surface area contributed by atoms with Gasteiger partial charge in [-0.15, -0.1) is 29.7 Å². The fraction of sp³-hybridized carbons (Fsp3) is 0.154. The molecular weight excluding hydrogens is 1220 g/mol. The summed E-state index contributed by atoms with van der Waals surface area (Å²) in [6.07, 6.45) is 5.95. The molecule has 0 atom stereocenters. The first kappa shape index (κ1) is 53.9. The number of para-hydroxylation sites is 5. The molecule has 7 heteroatoms. The molecule has 0 radical (unpaired) electrons. The first-order chi connectivity index (χ1) is 40.5. The van der Waals surface area contributed by atoms with Crippen LogP contribution in [-0.4, -0.2) is 18.7 Å². The Morgan fingerprint density at radius 3 is 1.64 bits per heavy atom. The summed E-state index contributed by atoms with van der Waals surface area (Å²) in [5, 5.41) is 4.66. The zero-order valence-corrected chi connectivity index (χ0v) is 51.5. The molecule has 0 saturated carbocycles. The Bertz CT molecular complexity index is 4930. The second-order valence-corrected chi connectivity index (χ2v) is 25.7. The van der Waals surface area contributed by atoms with Crippen molar-refractivity contribution in [2.75, 3.05) is 0 Å². The average Bonchev–Trinajstić information content (AvgIpc) is 2.38. The number of imidazole rings is 1. The predicted octanol–water partition coefficient (Wildman–Crippen LogP) is 19.6. The molecule has 0 unspecified atom stereocenters. The van der Waals surface area contributed by atoms with Gasteiger partial charge in [-0.1, -0.05) is 207 Å². The van der Waals surface area contributed by atoms with Crippen LogP contribution in [0.4, 0.5) is 0 Å². The number of rotatable bonds is 6. The summed E-state index contributed by atoms with van der Waals surface area (Å²) in [7, 11) is 0. The molecule has 0 saturated heterocycles. The van der Waals surface area contributed by atoms with Gasteiger partial charge in [0, 0.05) is 60.7 Å². The van der Waals surface area contributed by atoms with E-state index in [1.807, 2.05) is 24.4 Å². The summed E-state index contributed by atoms with van der Waals surface area (Å²) in [4.78, 5) is 4.92. The third kappa shape index (κ3) is 8.95. The fourth-order valence-corrected chi connectivity index (χ4v) is 12.8. The molecule has 14 aromatic rings. The van der Waals surface area contributed by atoms with Gasteiger partial charge in [0.05, 0.1) is 27.8 Å². The van der Waals surface area contributed by atoms with Crippen LogP contribution in [0.25, 0.3) is 122 Å². The smallest absolute Gasteiger partial charge is 0.268 e. The van der Waals surface area contributed by atoms with E-state index in [1.165, 1.54) is 38.5 Å². The maximum absolute atomic E-state index is 6.86. The Hall–Kier alpha value is -9.09. The number of ether oxygens (including phenoxy) is 1. The van der Waals surface area contributed by atoms with Gasteiger partial charge >= 0.3 is 0 Å². The van der Waals surface area contributed by atoms with Crippen LogP contribution >= 0.6 is 0 Å². The summed E-state index contributed by atoms with van der Waals surface area (Å²) < 4.78 is 16.0. The molecule has 1 aliphatic rings. The maximum Gasteiger partial charge on any atom is 0.268 e. The Morgan fingerprint density at radius 2 is 0.953 bits per heavy atom. The molecule has 10 aromatic carbocycles. The van der Waals surface area contributed by atoms with Crippen molar-refractivity contribution in [1.29, 1.82) is 0 Å². The van der Waals surface area contributed by atoms with Gasteiger partial charge in [0.1, 0.15) is 5.82 Å². The minimum atomic E-state index is -0.106. The number of benzene rings is 10. The Morgan fingerprint density at radius 1 is 0.412 bits per heavy atom. The number of hydrogen-bond donors (Lipinski definition) is 0. The van der Waals surface area contributed by atoms with Crippen LogP contribution in [0.1, 0.15) is 79.0 Å². The van der Waals surface area contributed by atoms with Gasteiger partial charge < -0.3 is 18.4 Å². The molecule has 5 heterocycles. The van der Waals surface area contributed by atoms with Gasteiger partial charge in [0.25, 0.3) is 6.33 Å². The van der Waals surface area contributed by atoms with Gasteiger partial charge in [-0.2, -0.15) is 18.2 Å². The zero-order chi connectivity index (χ0) is 57.4. The quantitative estimate of drug-likeness (QED) is 0.123. The zero-order valence-electron chi connectivity index (χ0n) is 49.2. The molecule has 6 nitrogen and oxygen atoms in total. The van der Waals surface area contributed by atoms with E-state index in [4.69, 9.17) is 9.72 Å². The Kier molecular flexibility index (Phi) is 12.7. The van der Waals surface area contributed by atoms with Crippen molar-refractivity contribution in [3.63, 3.8) is 0 Å². The minimum absolute atomic E-state index is 0. The fourth-order valence-electron chi connectivity index (χ4n) is 12.8. The van der Waals surface area contributed by atoms with Crippen LogP contribution in [0, 0.1) is 18.5 Å². The van der Waals surface area contributed by atoms with E-state index in [1.54, 1.807) is 0 Å². The van der Waals surface area contributed by atoms with Crippen molar-refractivity contribution in [1.82, 2.24) is 18.7 Å². The van der Waals surface area contributed by atoms with E-state index in [-0.39, 0.29) is 37.3 Å². The Labute approximate surface area is 511 Å². The van der Waals surface area contributed by atoms with E-state index in [0.717, 1.165) is 100 Å². The van der Waals surface area contributed by atoms with Crippen LogP contribution in [0.5, 0.6) is 11.5 Å². The molecule has 418 valence electrons. The average molecular weight is 1280 g/mol. The number of pyridine rings is 1. The SMILES string of the molecule is CC(C)(C)c1cc(-c2cccc3c2-[n+]2[c-]n(-c4[c-]c(Oc5[c-]c6c(cc5)c5ccccc5n6-c5cc(C(C)(C)C)ccn5)ccc4)c4cccc(c42)-c2ccccc2-c2ccc(-n4c5ccccc5c5ccccc54)cc2-3)cc(C(C)(C)C)c1.[Pt]. The number of hydrogen-bond acceptors (Lipinski definition) is 2. The van der Waals surface area contributed by atoms with Gasteiger partial charge in [0.2, 0.25) is 0 Å². The molecule has 1 aliphatic heterocycles. The van der Waals surface area contributed by atoms with Crippen molar-refractivity contribution < 1.29 is 30.4 Å². The van der Waals surface area contributed by atoms with E-state index < -0.39 is 0 Å². The second kappa shape index (κ2) is 20.0. The molecular formula is C78H63N5OPt-2.